The van der Waals surface area contributed by atoms with Crippen LogP contribution in [0, 0.1) is 0 Å². The van der Waals surface area contributed by atoms with E-state index in [1.54, 1.807) is 0 Å². The average molecular weight is 257 g/mol. The summed E-state index contributed by atoms with van der Waals surface area (Å²) in [5, 5.41) is 3.07. The Morgan fingerprint density at radius 3 is 2.67 bits per heavy atom. The molecule has 4 heteroatoms. The first kappa shape index (κ1) is 11.3. The summed E-state index contributed by atoms with van der Waals surface area (Å²) in [6, 6.07) is 11.7. The van der Waals surface area contributed by atoms with Crippen molar-refractivity contribution in [2.24, 2.45) is 0 Å². The SMILES string of the molecule is CCSc1nc2cc3ccccc3cc2c(=O)o1. The third kappa shape index (κ3) is 1.88. The molecule has 90 valence electrons. The second-order valence-electron chi connectivity index (χ2n) is 3.92. The minimum absolute atomic E-state index is 0.318. The number of rotatable bonds is 2. The largest absolute Gasteiger partial charge is 0.397 e. The number of aromatic nitrogens is 1. The Labute approximate surface area is 108 Å². The zero-order valence-corrected chi connectivity index (χ0v) is 10.7. The Kier molecular flexibility index (Phi) is 2.80. The molecule has 0 radical (unpaired) electrons. The van der Waals surface area contributed by atoms with Gasteiger partial charge in [0.2, 0.25) is 0 Å². The van der Waals surface area contributed by atoms with Crippen LogP contribution in [0.25, 0.3) is 21.7 Å². The molecular formula is C14H11NO2S. The zero-order chi connectivity index (χ0) is 12.5. The van der Waals surface area contributed by atoms with Crippen molar-refractivity contribution in [3.8, 4) is 0 Å². The first-order valence-electron chi connectivity index (χ1n) is 5.74. The quantitative estimate of drug-likeness (QED) is 0.521. The predicted molar refractivity (Wildman–Crippen MR) is 74.2 cm³/mol. The molecule has 3 rings (SSSR count). The molecule has 3 nitrogen and oxygen atoms in total. The van der Waals surface area contributed by atoms with Gasteiger partial charge in [-0.1, -0.05) is 43.0 Å². The van der Waals surface area contributed by atoms with Crippen molar-refractivity contribution in [2.75, 3.05) is 5.75 Å². The lowest BCUT2D eigenvalue weighted by Gasteiger charge is -2.02. The summed E-state index contributed by atoms with van der Waals surface area (Å²) in [5.74, 6) is 0.828. The van der Waals surface area contributed by atoms with Crippen LogP contribution in [0.15, 0.2) is 50.8 Å². The topological polar surface area (TPSA) is 43.1 Å². The molecule has 0 amide bonds. The van der Waals surface area contributed by atoms with Crippen molar-refractivity contribution in [2.45, 2.75) is 12.1 Å². The molecule has 0 unspecified atom stereocenters. The second kappa shape index (κ2) is 4.46. The second-order valence-corrected chi connectivity index (χ2v) is 5.13. The minimum atomic E-state index is -0.318. The Bertz CT molecular complexity index is 779. The Morgan fingerprint density at radius 1 is 1.22 bits per heavy atom. The van der Waals surface area contributed by atoms with E-state index in [1.165, 1.54) is 11.8 Å². The fourth-order valence-electron chi connectivity index (χ4n) is 1.92. The van der Waals surface area contributed by atoms with Crippen molar-refractivity contribution >= 4 is 33.4 Å². The standard InChI is InChI=1S/C14H11NO2S/c1-2-18-14-15-12-8-10-6-4-3-5-9(10)7-11(12)13(16)17-14/h3-8H,2H2,1H3. The summed E-state index contributed by atoms with van der Waals surface area (Å²) in [6.45, 7) is 2.00. The van der Waals surface area contributed by atoms with Gasteiger partial charge in [0.15, 0.2) is 0 Å². The fourth-order valence-corrected chi connectivity index (χ4v) is 2.47. The highest BCUT2D eigenvalue weighted by Crippen LogP contribution is 2.22. The molecule has 18 heavy (non-hydrogen) atoms. The minimum Gasteiger partial charge on any atom is -0.397 e. The lowest BCUT2D eigenvalue weighted by Crippen LogP contribution is -2.02. The lowest BCUT2D eigenvalue weighted by molar-refractivity contribution is 0.401. The van der Waals surface area contributed by atoms with Crippen LogP contribution in [0.5, 0.6) is 0 Å². The van der Waals surface area contributed by atoms with Gasteiger partial charge in [0.1, 0.15) is 0 Å². The van der Waals surface area contributed by atoms with E-state index in [-0.39, 0.29) is 5.63 Å². The molecule has 0 atom stereocenters. The molecule has 0 fully saturated rings. The van der Waals surface area contributed by atoms with Crippen LogP contribution in [0.4, 0.5) is 0 Å². The Morgan fingerprint density at radius 2 is 1.94 bits per heavy atom. The number of thioether (sulfide) groups is 1. The van der Waals surface area contributed by atoms with Gasteiger partial charge in [-0.3, -0.25) is 0 Å². The van der Waals surface area contributed by atoms with Crippen molar-refractivity contribution in [3.63, 3.8) is 0 Å². The van der Waals surface area contributed by atoms with Crippen molar-refractivity contribution in [1.82, 2.24) is 4.98 Å². The van der Waals surface area contributed by atoms with Gasteiger partial charge in [-0.15, -0.1) is 0 Å². The maximum atomic E-state index is 11.9. The molecule has 2 aromatic carbocycles. The van der Waals surface area contributed by atoms with Crippen LogP contribution in [0.1, 0.15) is 6.92 Å². The number of hydrogen-bond acceptors (Lipinski definition) is 4. The average Bonchev–Trinajstić information content (AvgIpc) is 2.37. The molecule has 1 heterocycles. The van der Waals surface area contributed by atoms with Crippen LogP contribution >= 0.6 is 11.8 Å². The number of hydrogen-bond donors (Lipinski definition) is 0. The Hall–Kier alpha value is -1.81. The molecule has 0 aliphatic heterocycles. The highest BCUT2D eigenvalue weighted by atomic mass is 32.2. The van der Waals surface area contributed by atoms with E-state index in [0.29, 0.717) is 16.1 Å². The first-order chi connectivity index (χ1) is 8.78. The maximum Gasteiger partial charge on any atom is 0.347 e. The summed E-state index contributed by atoms with van der Waals surface area (Å²) in [6.07, 6.45) is 0. The van der Waals surface area contributed by atoms with Crippen molar-refractivity contribution < 1.29 is 4.42 Å². The monoisotopic (exact) mass is 257 g/mol. The molecule has 0 aliphatic carbocycles. The normalized spacial score (nSPS) is 11.2. The van der Waals surface area contributed by atoms with Gasteiger partial charge in [-0.05, 0) is 28.7 Å². The fraction of sp³-hybridized carbons (Fsp3) is 0.143. The lowest BCUT2D eigenvalue weighted by atomic mass is 10.1. The van der Waals surface area contributed by atoms with Gasteiger partial charge < -0.3 is 4.42 Å². The molecular weight excluding hydrogens is 246 g/mol. The summed E-state index contributed by atoms with van der Waals surface area (Å²) >= 11 is 1.43. The van der Waals surface area contributed by atoms with E-state index in [2.05, 4.69) is 4.98 Å². The molecule has 0 aliphatic rings. The third-order valence-corrected chi connectivity index (χ3v) is 3.45. The zero-order valence-electron chi connectivity index (χ0n) is 9.84. The molecule has 0 saturated heterocycles. The summed E-state index contributed by atoms with van der Waals surface area (Å²) < 4.78 is 5.18. The maximum absolute atomic E-state index is 11.9. The molecule has 0 N–H and O–H groups in total. The van der Waals surface area contributed by atoms with Crippen molar-refractivity contribution in [3.05, 3.63) is 46.8 Å². The van der Waals surface area contributed by atoms with Gasteiger partial charge >= 0.3 is 5.63 Å². The van der Waals surface area contributed by atoms with Gasteiger partial charge in [0.25, 0.3) is 5.22 Å². The number of benzene rings is 2. The van der Waals surface area contributed by atoms with Crippen LogP contribution in [-0.2, 0) is 0 Å². The summed E-state index contributed by atoms with van der Waals surface area (Å²) in [4.78, 5) is 16.3. The van der Waals surface area contributed by atoms with Gasteiger partial charge in [0, 0.05) is 0 Å². The van der Waals surface area contributed by atoms with Gasteiger partial charge in [-0.2, -0.15) is 0 Å². The van der Waals surface area contributed by atoms with Crippen LogP contribution in [-0.4, -0.2) is 10.7 Å². The smallest absolute Gasteiger partial charge is 0.347 e. The first-order valence-corrected chi connectivity index (χ1v) is 6.73. The molecule has 3 aromatic rings. The van der Waals surface area contributed by atoms with Crippen molar-refractivity contribution in [1.29, 1.82) is 0 Å². The van der Waals surface area contributed by atoms with E-state index in [0.717, 1.165) is 16.5 Å². The van der Waals surface area contributed by atoms with Gasteiger partial charge in [0.05, 0.1) is 10.9 Å². The van der Waals surface area contributed by atoms with Crippen LogP contribution in [0.3, 0.4) is 0 Å². The predicted octanol–water partition coefficient (Wildman–Crippen LogP) is 3.45. The van der Waals surface area contributed by atoms with Crippen LogP contribution < -0.4 is 5.63 Å². The molecule has 0 bridgehead atoms. The van der Waals surface area contributed by atoms with E-state index >= 15 is 0 Å². The third-order valence-electron chi connectivity index (χ3n) is 2.74. The highest BCUT2D eigenvalue weighted by Gasteiger charge is 2.07. The summed E-state index contributed by atoms with van der Waals surface area (Å²) in [5.41, 5.74) is 0.377. The molecule has 0 saturated carbocycles. The molecule has 1 aromatic heterocycles. The number of nitrogens with zero attached hydrogens (tertiary/aromatic N) is 1. The van der Waals surface area contributed by atoms with E-state index < -0.39 is 0 Å². The van der Waals surface area contributed by atoms with E-state index in [9.17, 15) is 4.79 Å². The summed E-state index contributed by atoms with van der Waals surface area (Å²) in [7, 11) is 0. The van der Waals surface area contributed by atoms with Crippen LogP contribution in [0.2, 0.25) is 0 Å². The molecule has 0 spiro atoms. The number of fused-ring (bicyclic) bond motifs is 2. The van der Waals surface area contributed by atoms with Gasteiger partial charge in [-0.25, -0.2) is 9.78 Å². The Balaban J connectivity index is 2.35. The van der Waals surface area contributed by atoms with E-state index in [4.69, 9.17) is 4.42 Å². The highest BCUT2D eigenvalue weighted by molar-refractivity contribution is 7.99. The van der Waals surface area contributed by atoms with E-state index in [1.807, 2.05) is 43.3 Å².